The number of allylic oxidation sites excluding steroid dienone is 5. The smallest absolute Gasteiger partial charge is 0.160 e. The minimum absolute atomic E-state index is 0.0630. The summed E-state index contributed by atoms with van der Waals surface area (Å²) < 4.78 is 0. The number of Topliss-reactive ketones (excluding diaryl/α,β-unsaturated/α-hetero) is 2. The Hall–Kier alpha value is -2.81. The first-order chi connectivity index (χ1) is 12.9. The number of rotatable bonds is 7. The Kier molecular flexibility index (Phi) is 14.9. The van der Waals surface area contributed by atoms with Gasteiger partial charge < -0.3 is 4.79 Å². The number of benzene rings is 1. The number of carbonyl (C=O) groups is 3. The highest BCUT2D eigenvalue weighted by Crippen LogP contribution is 2.17. The zero-order chi connectivity index (χ0) is 22.3. The molecule has 0 saturated heterocycles. The SMILES string of the molecule is C=C(C)/C=C\C(C)=O.C=C(C)CCC(C)=O.C=C(C)c1ccccc1C(C)=O. The molecule has 3 heteroatoms. The molecule has 0 amide bonds. The summed E-state index contributed by atoms with van der Waals surface area (Å²) in [6.45, 7) is 21.4. The zero-order valence-electron chi connectivity index (χ0n) is 18.2. The normalized spacial score (nSPS) is 9.36. The molecule has 1 rings (SSSR count). The number of hydrogen-bond donors (Lipinski definition) is 0. The third kappa shape index (κ3) is 16.6. The molecular weight excluding hydrogens is 348 g/mol. The second kappa shape index (κ2) is 15.3. The van der Waals surface area contributed by atoms with Crippen LogP contribution >= 0.6 is 0 Å². The maximum absolute atomic E-state index is 11.1. The van der Waals surface area contributed by atoms with Crippen LogP contribution in [-0.4, -0.2) is 17.3 Å². The third-order valence-corrected chi connectivity index (χ3v) is 3.27. The summed E-state index contributed by atoms with van der Waals surface area (Å²) in [6, 6.07) is 7.52. The van der Waals surface area contributed by atoms with E-state index in [1.165, 1.54) is 13.0 Å². The monoisotopic (exact) mass is 382 g/mol. The largest absolute Gasteiger partial charge is 0.300 e. The summed E-state index contributed by atoms with van der Waals surface area (Å²) in [5.41, 5.74) is 4.62. The molecule has 1 aromatic rings. The van der Waals surface area contributed by atoms with Crippen LogP contribution in [-0.2, 0) is 9.59 Å². The summed E-state index contributed by atoms with van der Waals surface area (Å²) in [5, 5.41) is 0. The minimum atomic E-state index is 0.0630. The van der Waals surface area contributed by atoms with E-state index >= 15 is 0 Å². The highest BCUT2D eigenvalue weighted by atomic mass is 16.1. The van der Waals surface area contributed by atoms with Gasteiger partial charge in [0, 0.05) is 12.0 Å². The van der Waals surface area contributed by atoms with Gasteiger partial charge in [0.25, 0.3) is 0 Å². The van der Waals surface area contributed by atoms with Crippen molar-refractivity contribution in [3.05, 3.63) is 78.4 Å². The molecule has 0 aliphatic heterocycles. The summed E-state index contributed by atoms with van der Waals surface area (Å²) in [5.74, 6) is 0.398. The first-order valence-electron chi connectivity index (χ1n) is 9.12. The van der Waals surface area contributed by atoms with Crippen LogP contribution in [0.2, 0.25) is 0 Å². The van der Waals surface area contributed by atoms with Crippen LogP contribution in [0.25, 0.3) is 5.57 Å². The van der Waals surface area contributed by atoms with Gasteiger partial charge in [-0.2, -0.15) is 0 Å². The number of hydrogen-bond acceptors (Lipinski definition) is 3. The van der Waals surface area contributed by atoms with Crippen molar-refractivity contribution < 1.29 is 14.4 Å². The van der Waals surface area contributed by atoms with Gasteiger partial charge in [0.15, 0.2) is 11.6 Å². The lowest BCUT2D eigenvalue weighted by Gasteiger charge is -2.04. The second-order valence-corrected chi connectivity index (χ2v) is 6.83. The third-order valence-electron chi connectivity index (χ3n) is 3.27. The van der Waals surface area contributed by atoms with Gasteiger partial charge in [0.1, 0.15) is 5.78 Å². The molecule has 28 heavy (non-hydrogen) atoms. The molecule has 0 radical (unpaired) electrons. The lowest BCUT2D eigenvalue weighted by atomic mass is 10.00. The van der Waals surface area contributed by atoms with E-state index in [4.69, 9.17) is 0 Å². The molecule has 0 fully saturated rings. The van der Waals surface area contributed by atoms with E-state index in [1.807, 2.05) is 45.0 Å². The molecule has 0 spiro atoms. The van der Waals surface area contributed by atoms with E-state index in [1.54, 1.807) is 19.9 Å². The topological polar surface area (TPSA) is 51.2 Å². The standard InChI is InChI=1S/C11H12O.C7H12O.C7H10O/c1-8(2)10-6-4-5-7-11(10)9(3)12;2*1-6(2)4-5-7(3)8/h4-7H,1H2,2-3H3;1,4-5H2,2-3H3;4-5H,1H2,2-3H3/b;;5-4-. The first-order valence-corrected chi connectivity index (χ1v) is 9.12. The van der Waals surface area contributed by atoms with Gasteiger partial charge in [-0.1, -0.05) is 60.2 Å². The predicted octanol–water partition coefficient (Wildman–Crippen LogP) is 6.56. The number of carbonyl (C=O) groups excluding carboxylic acids is 3. The van der Waals surface area contributed by atoms with Crippen molar-refractivity contribution in [1.82, 2.24) is 0 Å². The van der Waals surface area contributed by atoms with Crippen LogP contribution in [0.5, 0.6) is 0 Å². The van der Waals surface area contributed by atoms with Gasteiger partial charge in [-0.25, -0.2) is 0 Å². The van der Waals surface area contributed by atoms with Gasteiger partial charge in [0.05, 0.1) is 0 Å². The molecular formula is C25H34O3. The fraction of sp³-hybridized carbons (Fsp3) is 0.320. The molecule has 0 N–H and O–H groups in total. The second-order valence-electron chi connectivity index (χ2n) is 6.83. The van der Waals surface area contributed by atoms with Gasteiger partial charge in [0.2, 0.25) is 0 Å². The van der Waals surface area contributed by atoms with Crippen LogP contribution in [0.1, 0.15) is 70.3 Å². The van der Waals surface area contributed by atoms with Crippen LogP contribution in [0.3, 0.4) is 0 Å². The summed E-state index contributed by atoms with van der Waals surface area (Å²) in [4.78, 5) is 31.7. The fourth-order valence-electron chi connectivity index (χ4n) is 1.81. The molecule has 0 aromatic heterocycles. The Bertz CT molecular complexity index is 686. The molecule has 0 aliphatic rings. The molecule has 152 valence electrons. The fourth-order valence-corrected chi connectivity index (χ4v) is 1.81. The van der Waals surface area contributed by atoms with Crippen LogP contribution in [0, 0.1) is 0 Å². The molecule has 3 nitrogen and oxygen atoms in total. The average molecular weight is 383 g/mol. The maximum atomic E-state index is 11.1. The zero-order valence-corrected chi connectivity index (χ0v) is 18.2. The van der Waals surface area contributed by atoms with Crippen molar-refractivity contribution in [3.8, 4) is 0 Å². The van der Waals surface area contributed by atoms with E-state index in [-0.39, 0.29) is 17.3 Å². The van der Waals surface area contributed by atoms with Crippen molar-refractivity contribution in [2.45, 2.75) is 54.4 Å². The summed E-state index contributed by atoms with van der Waals surface area (Å²) >= 11 is 0. The minimum Gasteiger partial charge on any atom is -0.300 e. The first kappa shape index (κ1) is 27.4. The van der Waals surface area contributed by atoms with E-state index in [0.717, 1.165) is 34.3 Å². The lowest BCUT2D eigenvalue weighted by molar-refractivity contribution is -0.117. The molecule has 0 aliphatic carbocycles. The van der Waals surface area contributed by atoms with Crippen LogP contribution < -0.4 is 0 Å². The Morgan fingerprint density at radius 2 is 1.29 bits per heavy atom. The van der Waals surface area contributed by atoms with Gasteiger partial charge in [-0.05, 0) is 59.6 Å². The molecule has 0 unspecified atom stereocenters. The van der Waals surface area contributed by atoms with E-state index in [2.05, 4.69) is 19.7 Å². The van der Waals surface area contributed by atoms with Crippen molar-refractivity contribution in [3.63, 3.8) is 0 Å². The van der Waals surface area contributed by atoms with Crippen molar-refractivity contribution >= 4 is 22.9 Å². The van der Waals surface area contributed by atoms with Crippen molar-refractivity contribution in [1.29, 1.82) is 0 Å². The van der Waals surface area contributed by atoms with E-state index < -0.39 is 0 Å². The summed E-state index contributed by atoms with van der Waals surface area (Å²) in [6.07, 6.45) is 4.69. The molecule has 0 atom stereocenters. The van der Waals surface area contributed by atoms with Crippen molar-refractivity contribution in [2.75, 3.05) is 0 Å². The van der Waals surface area contributed by atoms with Gasteiger partial charge in [-0.15, -0.1) is 6.58 Å². The lowest BCUT2D eigenvalue weighted by Crippen LogP contribution is -1.96. The van der Waals surface area contributed by atoms with Crippen molar-refractivity contribution in [2.24, 2.45) is 0 Å². The summed E-state index contributed by atoms with van der Waals surface area (Å²) in [7, 11) is 0. The molecule has 1 aromatic carbocycles. The average Bonchev–Trinajstić information content (AvgIpc) is 2.59. The van der Waals surface area contributed by atoms with E-state index in [9.17, 15) is 14.4 Å². The maximum Gasteiger partial charge on any atom is 0.160 e. The Morgan fingerprint density at radius 1 is 0.786 bits per heavy atom. The van der Waals surface area contributed by atoms with E-state index in [0.29, 0.717) is 6.42 Å². The molecule has 0 heterocycles. The van der Waals surface area contributed by atoms with Gasteiger partial charge in [-0.3, -0.25) is 9.59 Å². The quantitative estimate of drug-likeness (QED) is 0.232. The predicted molar refractivity (Wildman–Crippen MR) is 121 cm³/mol. The highest BCUT2D eigenvalue weighted by Gasteiger charge is 2.05. The Labute approximate surface area is 170 Å². The van der Waals surface area contributed by atoms with Crippen LogP contribution in [0.15, 0.2) is 67.3 Å². The van der Waals surface area contributed by atoms with Gasteiger partial charge >= 0.3 is 0 Å². The Balaban J connectivity index is 0. The molecule has 0 bridgehead atoms. The molecule has 0 saturated carbocycles. The number of ketones is 3. The highest BCUT2D eigenvalue weighted by molar-refractivity contribution is 5.98. The van der Waals surface area contributed by atoms with Crippen LogP contribution in [0.4, 0.5) is 0 Å². The Morgan fingerprint density at radius 3 is 1.50 bits per heavy atom.